The minimum atomic E-state index is 0.853. The van der Waals surface area contributed by atoms with Crippen LogP contribution in [0, 0.1) is 11.8 Å². The molecule has 0 aromatic heterocycles. The molecule has 2 rings (SSSR count). The van der Waals surface area contributed by atoms with Crippen molar-refractivity contribution in [3.05, 3.63) is 23.8 Å². The second-order valence-corrected chi connectivity index (χ2v) is 5.95. The highest BCUT2D eigenvalue weighted by Crippen LogP contribution is 2.38. The van der Waals surface area contributed by atoms with Crippen LogP contribution in [0.15, 0.2) is 23.8 Å². The number of hydrogen-bond donors (Lipinski definition) is 0. The van der Waals surface area contributed by atoms with Crippen molar-refractivity contribution in [3.63, 3.8) is 0 Å². The number of halogens is 1. The van der Waals surface area contributed by atoms with Crippen molar-refractivity contribution in [1.29, 1.82) is 0 Å². The maximum atomic E-state index is 2.61. The van der Waals surface area contributed by atoms with E-state index >= 15 is 0 Å². The normalized spacial score (nSPS) is 38.3. The van der Waals surface area contributed by atoms with Gasteiger partial charge in [0.1, 0.15) is 0 Å². The van der Waals surface area contributed by atoms with Crippen LogP contribution in [-0.2, 0) is 0 Å². The van der Waals surface area contributed by atoms with Crippen molar-refractivity contribution in [3.8, 4) is 0 Å². The fraction of sp³-hybridized carbons (Fsp3) is 0.667. The molecule has 0 spiro atoms. The lowest BCUT2D eigenvalue weighted by Crippen LogP contribution is -2.24. The van der Waals surface area contributed by atoms with Gasteiger partial charge < -0.3 is 0 Å². The van der Waals surface area contributed by atoms with E-state index in [4.69, 9.17) is 0 Å². The summed E-state index contributed by atoms with van der Waals surface area (Å²) in [5.74, 6) is 1.72. The SMILES string of the molecule is CCC1=CC2CC[C@H](I)CC2C=C1. The molecule has 1 heteroatoms. The Bertz CT molecular complexity index is 240. The zero-order valence-electron chi connectivity index (χ0n) is 8.17. The molecule has 1 fully saturated rings. The van der Waals surface area contributed by atoms with E-state index in [9.17, 15) is 0 Å². The Hall–Kier alpha value is 0.210. The molecule has 2 aliphatic carbocycles. The molecule has 13 heavy (non-hydrogen) atoms. The van der Waals surface area contributed by atoms with Crippen LogP contribution in [0.25, 0.3) is 0 Å². The van der Waals surface area contributed by atoms with Gasteiger partial charge in [0, 0.05) is 3.92 Å². The highest BCUT2D eigenvalue weighted by atomic mass is 127. The van der Waals surface area contributed by atoms with E-state index in [2.05, 4.69) is 47.7 Å². The molecule has 0 aromatic rings. The second kappa shape index (κ2) is 4.16. The summed E-state index contributed by atoms with van der Waals surface area (Å²) in [5, 5.41) is 0. The lowest BCUT2D eigenvalue weighted by atomic mass is 9.75. The van der Waals surface area contributed by atoms with Gasteiger partial charge >= 0.3 is 0 Å². The van der Waals surface area contributed by atoms with Crippen LogP contribution in [0.4, 0.5) is 0 Å². The minimum absolute atomic E-state index is 0.853. The van der Waals surface area contributed by atoms with Crippen molar-refractivity contribution >= 4 is 22.6 Å². The molecular weight excluding hydrogens is 271 g/mol. The fourth-order valence-electron chi connectivity index (χ4n) is 2.42. The zero-order valence-corrected chi connectivity index (χ0v) is 10.3. The number of rotatable bonds is 1. The Morgan fingerprint density at radius 3 is 3.00 bits per heavy atom. The maximum absolute atomic E-state index is 2.61. The largest absolute Gasteiger partial charge is 0.0826 e. The molecule has 2 unspecified atom stereocenters. The van der Waals surface area contributed by atoms with Crippen molar-refractivity contribution in [1.82, 2.24) is 0 Å². The van der Waals surface area contributed by atoms with Crippen LogP contribution in [-0.4, -0.2) is 3.92 Å². The van der Waals surface area contributed by atoms with Gasteiger partial charge in [0.25, 0.3) is 0 Å². The molecular formula is C12H17I. The van der Waals surface area contributed by atoms with Gasteiger partial charge in [0.15, 0.2) is 0 Å². The van der Waals surface area contributed by atoms with Crippen LogP contribution < -0.4 is 0 Å². The lowest BCUT2D eigenvalue weighted by Gasteiger charge is -2.33. The Morgan fingerprint density at radius 2 is 2.23 bits per heavy atom. The number of fused-ring (bicyclic) bond motifs is 1. The summed E-state index contributed by atoms with van der Waals surface area (Å²) in [5.41, 5.74) is 1.55. The third kappa shape index (κ3) is 2.17. The monoisotopic (exact) mass is 288 g/mol. The number of alkyl halides is 1. The van der Waals surface area contributed by atoms with E-state index in [1.807, 2.05) is 0 Å². The highest BCUT2D eigenvalue weighted by Gasteiger charge is 2.27. The average molecular weight is 288 g/mol. The van der Waals surface area contributed by atoms with E-state index < -0.39 is 0 Å². The molecule has 0 saturated heterocycles. The first-order chi connectivity index (χ1) is 6.29. The topological polar surface area (TPSA) is 0 Å². The molecule has 0 N–H and O–H groups in total. The standard InChI is InChI=1S/C12H17I/c1-2-9-3-4-11-8-12(13)6-5-10(11)7-9/h3-4,7,10-12H,2,5-6,8H2,1H3/t10?,11?,12-/m0/s1. The molecule has 3 atom stereocenters. The Labute approximate surface area is 94.6 Å². The Morgan fingerprint density at radius 1 is 1.38 bits per heavy atom. The fourth-order valence-corrected chi connectivity index (χ4v) is 3.36. The summed E-state index contributed by atoms with van der Waals surface area (Å²) < 4.78 is 0.917. The molecule has 72 valence electrons. The number of allylic oxidation sites excluding steroid dienone is 4. The van der Waals surface area contributed by atoms with Gasteiger partial charge in [-0.2, -0.15) is 0 Å². The van der Waals surface area contributed by atoms with E-state index in [0.717, 1.165) is 15.8 Å². The first-order valence-corrected chi connectivity index (χ1v) is 6.57. The van der Waals surface area contributed by atoms with Gasteiger partial charge in [-0.25, -0.2) is 0 Å². The van der Waals surface area contributed by atoms with Gasteiger partial charge in [-0.15, -0.1) is 0 Å². The molecule has 0 amide bonds. The summed E-state index contributed by atoms with van der Waals surface area (Å²) >= 11 is 2.61. The summed E-state index contributed by atoms with van der Waals surface area (Å²) in [7, 11) is 0. The van der Waals surface area contributed by atoms with Crippen molar-refractivity contribution in [2.45, 2.75) is 36.5 Å². The number of hydrogen-bond acceptors (Lipinski definition) is 0. The third-order valence-corrected chi connectivity index (χ3v) is 4.42. The molecule has 0 aliphatic heterocycles. The quantitative estimate of drug-likeness (QED) is 0.503. The van der Waals surface area contributed by atoms with Gasteiger partial charge in [-0.1, -0.05) is 53.3 Å². The van der Waals surface area contributed by atoms with Crippen LogP contribution in [0.1, 0.15) is 32.6 Å². The molecule has 2 aliphatic rings. The average Bonchev–Trinajstić information content (AvgIpc) is 2.17. The molecule has 0 nitrogen and oxygen atoms in total. The third-order valence-electron chi connectivity index (χ3n) is 3.28. The van der Waals surface area contributed by atoms with Crippen molar-refractivity contribution < 1.29 is 0 Å². The van der Waals surface area contributed by atoms with Gasteiger partial charge in [0.2, 0.25) is 0 Å². The summed E-state index contributed by atoms with van der Waals surface area (Å²) in [6, 6.07) is 0. The molecule has 0 radical (unpaired) electrons. The van der Waals surface area contributed by atoms with Crippen LogP contribution in [0.5, 0.6) is 0 Å². The van der Waals surface area contributed by atoms with Crippen molar-refractivity contribution in [2.24, 2.45) is 11.8 Å². The van der Waals surface area contributed by atoms with Gasteiger partial charge in [-0.05, 0) is 37.5 Å². The maximum Gasteiger partial charge on any atom is 0.0116 e. The summed E-state index contributed by atoms with van der Waals surface area (Å²) in [6.07, 6.45) is 12.7. The van der Waals surface area contributed by atoms with Gasteiger partial charge in [-0.3, -0.25) is 0 Å². The van der Waals surface area contributed by atoms with Crippen LogP contribution in [0.2, 0.25) is 0 Å². The zero-order chi connectivity index (χ0) is 9.26. The smallest absolute Gasteiger partial charge is 0.0116 e. The van der Waals surface area contributed by atoms with E-state index in [-0.39, 0.29) is 0 Å². The second-order valence-electron chi connectivity index (χ2n) is 4.19. The van der Waals surface area contributed by atoms with Gasteiger partial charge in [0.05, 0.1) is 0 Å². The first-order valence-electron chi connectivity index (χ1n) is 5.32. The molecule has 0 aromatic carbocycles. The predicted octanol–water partition coefficient (Wildman–Crippen LogP) is 4.11. The summed E-state index contributed by atoms with van der Waals surface area (Å²) in [6.45, 7) is 2.25. The van der Waals surface area contributed by atoms with E-state index in [0.29, 0.717) is 0 Å². The first kappa shape index (κ1) is 9.75. The van der Waals surface area contributed by atoms with Crippen molar-refractivity contribution in [2.75, 3.05) is 0 Å². The molecule has 0 heterocycles. The Kier molecular flexibility index (Phi) is 3.12. The lowest BCUT2D eigenvalue weighted by molar-refractivity contribution is 0.346. The van der Waals surface area contributed by atoms with E-state index in [1.54, 1.807) is 5.57 Å². The van der Waals surface area contributed by atoms with Crippen LogP contribution in [0.3, 0.4) is 0 Å². The van der Waals surface area contributed by atoms with E-state index in [1.165, 1.54) is 25.7 Å². The minimum Gasteiger partial charge on any atom is -0.0826 e. The Balaban J connectivity index is 2.07. The molecule has 0 bridgehead atoms. The summed E-state index contributed by atoms with van der Waals surface area (Å²) in [4.78, 5) is 0. The predicted molar refractivity (Wildman–Crippen MR) is 66.2 cm³/mol. The van der Waals surface area contributed by atoms with Crippen LogP contribution >= 0.6 is 22.6 Å². The molecule has 1 saturated carbocycles. The highest BCUT2D eigenvalue weighted by molar-refractivity contribution is 14.1.